The summed E-state index contributed by atoms with van der Waals surface area (Å²) in [5, 5.41) is 4.03. The monoisotopic (exact) mass is 913 g/mol. The molecule has 9 heteroatoms. The Labute approximate surface area is 367 Å². The van der Waals surface area contributed by atoms with E-state index < -0.39 is 34.3 Å². The summed E-state index contributed by atoms with van der Waals surface area (Å²) in [6.45, 7) is 26.5. The van der Waals surface area contributed by atoms with E-state index in [9.17, 15) is 26.3 Å². The van der Waals surface area contributed by atoms with Crippen molar-refractivity contribution >= 4 is 14.4 Å². The molecular weight excluding hydrogens is 865 g/mol. The minimum absolute atomic E-state index is 0. The summed E-state index contributed by atoms with van der Waals surface area (Å²) >= 11 is 1.22. The standard InChI is InChI=1S/C49H51F6.2ClH.Zr/c1-44(2,3)36-26-31-25-35-39(28-15-13-14-16-28)42(46(7,8)9)43(47(10,11)12)41(40(35)34(31)27-37(36)45(4,5)6)38(29-17-21-32(22-18-29)48(50,51)52)30-19-23-33(24-20-30)49(53,54)55;;;/h13-15,17-24,26-27H,16H2,1-12H3;2*1H;/q;;;+2/p-2. The molecule has 0 spiro atoms. The van der Waals surface area contributed by atoms with Gasteiger partial charge in [0.05, 0.1) is 0 Å². The van der Waals surface area contributed by atoms with Crippen molar-refractivity contribution in [3.05, 3.63) is 155 Å². The Morgan fingerprint density at radius 1 is 0.534 bits per heavy atom. The predicted molar refractivity (Wildman–Crippen MR) is 213 cm³/mol. The first-order valence-corrected chi connectivity index (χ1v) is 20.4. The zero-order chi connectivity index (χ0) is 41.7. The van der Waals surface area contributed by atoms with Gasteiger partial charge in [0, 0.05) is 0 Å². The third-order valence-electron chi connectivity index (χ3n) is 10.9. The van der Waals surface area contributed by atoms with Crippen molar-refractivity contribution in [2.75, 3.05) is 0 Å². The van der Waals surface area contributed by atoms with Crippen LogP contribution in [0.5, 0.6) is 0 Å². The first-order chi connectivity index (χ1) is 25.5. The molecule has 0 heterocycles. The third kappa shape index (κ3) is 8.80. The Balaban J connectivity index is 0.00000372. The van der Waals surface area contributed by atoms with E-state index in [1.54, 1.807) is 0 Å². The molecule has 6 rings (SSSR count). The fourth-order valence-electron chi connectivity index (χ4n) is 8.47. The van der Waals surface area contributed by atoms with Crippen LogP contribution in [-0.4, -0.2) is 0 Å². The van der Waals surface area contributed by atoms with Gasteiger partial charge in [-0.25, -0.2) is 0 Å². The molecule has 0 nitrogen and oxygen atoms in total. The van der Waals surface area contributed by atoms with Crippen LogP contribution >= 0.6 is 0 Å². The average molecular weight is 916 g/mol. The molecule has 58 heavy (non-hydrogen) atoms. The second-order valence-electron chi connectivity index (χ2n) is 19.4. The van der Waals surface area contributed by atoms with Gasteiger partial charge in [-0.1, -0.05) is 0 Å². The summed E-state index contributed by atoms with van der Waals surface area (Å²) in [4.78, 5) is 0. The van der Waals surface area contributed by atoms with Crippen molar-refractivity contribution in [3.63, 3.8) is 0 Å². The second-order valence-corrected chi connectivity index (χ2v) is 20.6. The van der Waals surface area contributed by atoms with Crippen molar-refractivity contribution < 1.29 is 75.9 Å². The SMILES string of the molecule is CC(C)(C)c1cc2c(cc1C(C)(C)C)=c1c(c(C3=CC=CC3)c(C(C)(C)C)c(C(C)(C)C)c1=C(c1ccc(C(F)(F)F)cc1)c1ccc(C(F)(F)F)cc1)[C]=2[Zr+2].[Cl-].[Cl-]. The Hall–Kier alpha value is -2.86. The summed E-state index contributed by atoms with van der Waals surface area (Å²) in [5.41, 5.74) is 6.85. The van der Waals surface area contributed by atoms with Crippen molar-refractivity contribution in [2.24, 2.45) is 0 Å². The molecule has 4 aromatic carbocycles. The van der Waals surface area contributed by atoms with Crippen molar-refractivity contribution in [3.8, 4) is 0 Å². The first-order valence-electron chi connectivity index (χ1n) is 19.1. The van der Waals surface area contributed by atoms with E-state index >= 15 is 0 Å². The molecule has 2 aliphatic carbocycles. The molecule has 0 radical (unpaired) electrons. The number of allylic oxidation sites excluding steroid dienone is 4. The number of fused-ring (bicyclic) bond motifs is 2. The molecule has 0 saturated carbocycles. The second kappa shape index (κ2) is 15.9. The van der Waals surface area contributed by atoms with Crippen LogP contribution in [0.15, 0.2) is 78.9 Å². The maximum atomic E-state index is 14.0. The zero-order valence-corrected chi connectivity index (χ0v) is 39.2. The van der Waals surface area contributed by atoms with E-state index in [-0.39, 0.29) is 35.6 Å². The van der Waals surface area contributed by atoms with Crippen LogP contribution in [0.3, 0.4) is 0 Å². The van der Waals surface area contributed by atoms with Crippen molar-refractivity contribution in [1.82, 2.24) is 0 Å². The molecule has 0 aromatic heterocycles. The van der Waals surface area contributed by atoms with Gasteiger partial charge in [0.2, 0.25) is 0 Å². The minimum Gasteiger partial charge on any atom is -1.00 e. The average Bonchev–Trinajstić information content (AvgIpc) is 3.69. The van der Waals surface area contributed by atoms with Crippen LogP contribution in [0.2, 0.25) is 0 Å². The van der Waals surface area contributed by atoms with Gasteiger partial charge in [0.25, 0.3) is 0 Å². The maximum absolute atomic E-state index is 14.0. The van der Waals surface area contributed by atoms with Crippen LogP contribution < -0.4 is 35.3 Å². The van der Waals surface area contributed by atoms with Crippen molar-refractivity contribution in [2.45, 2.75) is 124 Å². The van der Waals surface area contributed by atoms with E-state index in [4.69, 9.17) is 0 Å². The van der Waals surface area contributed by atoms with Crippen LogP contribution in [-0.2, 0) is 58.7 Å². The molecular formula is C49H51Cl2F6Zr. The van der Waals surface area contributed by atoms with Gasteiger partial charge in [-0.3, -0.25) is 0 Å². The molecule has 0 atom stereocenters. The van der Waals surface area contributed by atoms with E-state index in [0.29, 0.717) is 16.7 Å². The Morgan fingerprint density at radius 3 is 1.29 bits per heavy atom. The molecule has 4 aromatic rings. The van der Waals surface area contributed by atoms with Crippen LogP contribution in [0.25, 0.3) is 14.4 Å². The molecule has 0 amide bonds. The minimum atomic E-state index is -4.56. The normalized spacial score (nSPS) is 14.5. The molecule has 0 aliphatic heterocycles. The van der Waals surface area contributed by atoms with Crippen LogP contribution in [0.4, 0.5) is 26.3 Å². The summed E-state index contributed by atoms with van der Waals surface area (Å²) < 4.78 is 85.4. The summed E-state index contributed by atoms with van der Waals surface area (Å²) in [7, 11) is 0. The van der Waals surface area contributed by atoms with Crippen LogP contribution in [0, 0.1) is 10.4 Å². The fourth-order valence-corrected chi connectivity index (χ4v) is 9.59. The summed E-state index contributed by atoms with van der Waals surface area (Å²) in [5.74, 6) is 0. The number of hydrogen-bond acceptors (Lipinski definition) is 0. The number of alkyl halides is 6. The first kappa shape index (κ1) is 47.8. The number of hydrogen-bond donors (Lipinski definition) is 0. The molecule has 0 fully saturated rings. The molecule has 2 aliphatic rings. The van der Waals surface area contributed by atoms with Crippen molar-refractivity contribution in [1.29, 1.82) is 0 Å². The third-order valence-corrected chi connectivity index (χ3v) is 12.2. The molecule has 0 bridgehead atoms. The largest absolute Gasteiger partial charge is 1.00 e. The van der Waals surface area contributed by atoms with Gasteiger partial charge in [-0.05, 0) is 0 Å². The van der Waals surface area contributed by atoms with E-state index in [0.717, 1.165) is 68.3 Å². The number of halogens is 8. The quantitative estimate of drug-likeness (QED) is 0.198. The fraction of sp³-hybridized carbons (Fsp3) is 0.388. The zero-order valence-electron chi connectivity index (χ0n) is 35.2. The van der Waals surface area contributed by atoms with Crippen LogP contribution in [0.1, 0.15) is 145 Å². The van der Waals surface area contributed by atoms with Gasteiger partial charge in [0.1, 0.15) is 0 Å². The van der Waals surface area contributed by atoms with E-state index in [1.165, 1.54) is 74.5 Å². The topological polar surface area (TPSA) is 0 Å². The van der Waals surface area contributed by atoms with E-state index in [1.807, 2.05) is 0 Å². The predicted octanol–water partition coefficient (Wildman–Crippen LogP) is 6.82. The summed E-state index contributed by atoms with van der Waals surface area (Å²) in [6, 6.07) is 14.9. The number of benzene rings is 4. The molecule has 0 unspecified atom stereocenters. The Kier molecular flexibility index (Phi) is 13.1. The Bertz CT molecular complexity index is 2470. The van der Waals surface area contributed by atoms with Gasteiger partial charge in [0.15, 0.2) is 0 Å². The van der Waals surface area contributed by atoms with Gasteiger partial charge >= 0.3 is 344 Å². The molecule has 307 valence electrons. The van der Waals surface area contributed by atoms with E-state index in [2.05, 4.69) is 113 Å². The van der Waals surface area contributed by atoms with Gasteiger partial charge in [-0.15, -0.1) is 0 Å². The summed E-state index contributed by atoms with van der Waals surface area (Å²) in [6.07, 6.45) is -1.90. The van der Waals surface area contributed by atoms with Gasteiger partial charge in [-0.2, -0.15) is 0 Å². The number of rotatable bonds is 3. The molecule has 0 saturated heterocycles. The smallest absolute Gasteiger partial charge is 1.00 e. The Morgan fingerprint density at radius 2 is 0.948 bits per heavy atom. The van der Waals surface area contributed by atoms with Gasteiger partial charge < -0.3 is 24.8 Å². The molecule has 0 N–H and O–H groups in total. The maximum Gasteiger partial charge on any atom is -1.00 e.